The molecule has 3 aromatic rings. The SMILES string of the molecule is COc1cccc(CCC(=O)OCC(=O)N[C@H](C)c2cc3ccccc3o2)c1OC. The number of carbonyl (C=O) groups is 2. The smallest absolute Gasteiger partial charge is 0.306 e. The first-order valence-corrected chi connectivity index (χ1v) is 9.65. The summed E-state index contributed by atoms with van der Waals surface area (Å²) >= 11 is 0. The lowest BCUT2D eigenvalue weighted by atomic mass is 10.1. The quantitative estimate of drug-likeness (QED) is 0.539. The Hall–Kier alpha value is -3.48. The fraction of sp³-hybridized carbons (Fsp3) is 0.304. The van der Waals surface area contributed by atoms with Gasteiger partial charge in [-0.3, -0.25) is 9.59 Å². The summed E-state index contributed by atoms with van der Waals surface area (Å²) in [5, 5.41) is 3.74. The number of hydrogen-bond acceptors (Lipinski definition) is 6. The van der Waals surface area contributed by atoms with E-state index in [-0.39, 0.29) is 19.1 Å². The second-order valence-corrected chi connectivity index (χ2v) is 6.79. The van der Waals surface area contributed by atoms with Gasteiger partial charge in [-0.2, -0.15) is 0 Å². The molecule has 1 N–H and O–H groups in total. The van der Waals surface area contributed by atoms with Crippen LogP contribution in [0.2, 0.25) is 0 Å². The van der Waals surface area contributed by atoms with Gasteiger partial charge in [0.2, 0.25) is 0 Å². The van der Waals surface area contributed by atoms with E-state index >= 15 is 0 Å². The Balaban J connectivity index is 1.47. The molecule has 7 heteroatoms. The summed E-state index contributed by atoms with van der Waals surface area (Å²) in [7, 11) is 3.11. The van der Waals surface area contributed by atoms with E-state index in [1.165, 1.54) is 0 Å². The summed E-state index contributed by atoms with van der Waals surface area (Å²) in [5.74, 6) is 0.968. The lowest BCUT2D eigenvalue weighted by Crippen LogP contribution is -2.31. The highest BCUT2D eigenvalue weighted by Gasteiger charge is 2.16. The van der Waals surface area contributed by atoms with E-state index in [1.807, 2.05) is 49.4 Å². The van der Waals surface area contributed by atoms with Crippen LogP contribution in [0.15, 0.2) is 52.9 Å². The molecule has 0 unspecified atom stereocenters. The van der Waals surface area contributed by atoms with Crippen LogP contribution in [0.25, 0.3) is 11.0 Å². The highest BCUT2D eigenvalue weighted by molar-refractivity contribution is 5.81. The lowest BCUT2D eigenvalue weighted by Gasteiger charge is -2.13. The van der Waals surface area contributed by atoms with Gasteiger partial charge in [0.1, 0.15) is 11.3 Å². The summed E-state index contributed by atoms with van der Waals surface area (Å²) in [4.78, 5) is 24.2. The Labute approximate surface area is 174 Å². The first-order valence-electron chi connectivity index (χ1n) is 9.65. The van der Waals surface area contributed by atoms with Crippen molar-refractivity contribution in [3.05, 3.63) is 59.9 Å². The van der Waals surface area contributed by atoms with Gasteiger partial charge in [0.15, 0.2) is 18.1 Å². The number of para-hydroxylation sites is 2. The van der Waals surface area contributed by atoms with E-state index in [9.17, 15) is 9.59 Å². The van der Waals surface area contributed by atoms with Crippen LogP contribution in [-0.4, -0.2) is 32.7 Å². The van der Waals surface area contributed by atoms with Crippen molar-refractivity contribution < 1.29 is 28.2 Å². The monoisotopic (exact) mass is 411 g/mol. The van der Waals surface area contributed by atoms with Gasteiger partial charge in [-0.15, -0.1) is 0 Å². The van der Waals surface area contributed by atoms with Crippen LogP contribution in [0.1, 0.15) is 30.7 Å². The number of amides is 1. The molecule has 2 aromatic carbocycles. The molecular formula is C23H25NO6. The average Bonchev–Trinajstić information content (AvgIpc) is 3.20. The molecule has 1 atom stereocenters. The van der Waals surface area contributed by atoms with Crippen LogP contribution in [0.3, 0.4) is 0 Å². The first kappa shape index (κ1) is 21.2. The molecule has 0 saturated heterocycles. The van der Waals surface area contributed by atoms with Crippen molar-refractivity contribution in [2.24, 2.45) is 0 Å². The number of aryl methyl sites for hydroxylation is 1. The molecule has 1 aromatic heterocycles. The van der Waals surface area contributed by atoms with Crippen molar-refractivity contribution in [2.45, 2.75) is 25.8 Å². The highest BCUT2D eigenvalue weighted by atomic mass is 16.5. The number of furan rings is 1. The summed E-state index contributed by atoms with van der Waals surface area (Å²) < 4.78 is 21.4. The number of methoxy groups -OCH3 is 2. The topological polar surface area (TPSA) is 87.0 Å². The molecule has 1 heterocycles. The third-order valence-electron chi connectivity index (χ3n) is 4.70. The van der Waals surface area contributed by atoms with Gasteiger partial charge in [-0.05, 0) is 37.1 Å². The second kappa shape index (κ2) is 9.82. The van der Waals surface area contributed by atoms with Crippen LogP contribution < -0.4 is 14.8 Å². The van der Waals surface area contributed by atoms with Crippen molar-refractivity contribution in [3.63, 3.8) is 0 Å². The number of benzene rings is 2. The van der Waals surface area contributed by atoms with E-state index in [0.29, 0.717) is 23.7 Å². The van der Waals surface area contributed by atoms with E-state index < -0.39 is 11.9 Å². The zero-order chi connectivity index (χ0) is 21.5. The maximum absolute atomic E-state index is 12.1. The van der Waals surface area contributed by atoms with Gasteiger partial charge in [0, 0.05) is 11.8 Å². The third kappa shape index (κ3) is 5.11. The maximum atomic E-state index is 12.1. The van der Waals surface area contributed by atoms with Crippen LogP contribution in [0, 0.1) is 0 Å². The molecule has 158 valence electrons. The second-order valence-electron chi connectivity index (χ2n) is 6.79. The van der Waals surface area contributed by atoms with Gasteiger partial charge in [-0.25, -0.2) is 0 Å². The lowest BCUT2D eigenvalue weighted by molar-refractivity contribution is -0.148. The largest absolute Gasteiger partial charge is 0.493 e. The fourth-order valence-corrected chi connectivity index (χ4v) is 3.18. The number of fused-ring (bicyclic) bond motifs is 1. The van der Waals surface area contributed by atoms with Gasteiger partial charge < -0.3 is 23.9 Å². The van der Waals surface area contributed by atoms with Crippen LogP contribution >= 0.6 is 0 Å². The van der Waals surface area contributed by atoms with Crippen molar-refractivity contribution in [1.29, 1.82) is 0 Å². The van der Waals surface area contributed by atoms with Crippen LogP contribution in [-0.2, 0) is 20.7 Å². The van der Waals surface area contributed by atoms with Gasteiger partial charge in [-0.1, -0.05) is 30.3 Å². The van der Waals surface area contributed by atoms with Gasteiger partial charge >= 0.3 is 5.97 Å². The molecule has 7 nitrogen and oxygen atoms in total. The third-order valence-corrected chi connectivity index (χ3v) is 4.70. The molecule has 0 saturated carbocycles. The number of esters is 1. The van der Waals surface area contributed by atoms with E-state index in [1.54, 1.807) is 20.3 Å². The Kier molecular flexibility index (Phi) is 6.95. The van der Waals surface area contributed by atoms with Crippen LogP contribution in [0.5, 0.6) is 11.5 Å². The number of hydrogen-bond donors (Lipinski definition) is 1. The molecule has 1 amide bonds. The maximum Gasteiger partial charge on any atom is 0.306 e. The fourth-order valence-electron chi connectivity index (χ4n) is 3.18. The van der Waals surface area contributed by atoms with Gasteiger partial charge in [0.25, 0.3) is 5.91 Å². The molecule has 3 rings (SSSR count). The molecule has 30 heavy (non-hydrogen) atoms. The van der Waals surface area contributed by atoms with E-state index in [2.05, 4.69) is 5.32 Å². The van der Waals surface area contributed by atoms with E-state index in [4.69, 9.17) is 18.6 Å². The highest BCUT2D eigenvalue weighted by Crippen LogP contribution is 2.31. The molecule has 0 aliphatic rings. The Bertz CT molecular complexity index is 992. The average molecular weight is 411 g/mol. The Morgan fingerprint density at radius 2 is 1.87 bits per heavy atom. The molecule has 0 bridgehead atoms. The number of nitrogens with one attached hydrogen (secondary N) is 1. The van der Waals surface area contributed by atoms with Crippen molar-refractivity contribution in [1.82, 2.24) is 5.32 Å². The van der Waals surface area contributed by atoms with Gasteiger partial charge in [0.05, 0.1) is 20.3 Å². The standard InChI is InChI=1S/C23H25NO6/c1-15(20-13-17-7-4-5-9-18(17)30-20)24-21(25)14-29-22(26)12-11-16-8-6-10-19(27-2)23(16)28-3/h4-10,13,15H,11-12,14H2,1-3H3,(H,24,25)/t15-/m1/s1. The minimum atomic E-state index is -0.466. The zero-order valence-corrected chi connectivity index (χ0v) is 17.3. The summed E-state index contributed by atoms with van der Waals surface area (Å²) in [5.41, 5.74) is 1.59. The summed E-state index contributed by atoms with van der Waals surface area (Å²) in [6.45, 7) is 1.46. The van der Waals surface area contributed by atoms with Crippen LogP contribution in [0.4, 0.5) is 0 Å². The normalized spacial score (nSPS) is 11.7. The molecule has 0 aliphatic heterocycles. The predicted molar refractivity (Wildman–Crippen MR) is 112 cm³/mol. The minimum Gasteiger partial charge on any atom is -0.493 e. The summed E-state index contributed by atoms with van der Waals surface area (Å²) in [6.07, 6.45) is 0.534. The molecule has 0 spiro atoms. The van der Waals surface area contributed by atoms with Crippen molar-refractivity contribution in [2.75, 3.05) is 20.8 Å². The van der Waals surface area contributed by atoms with Crippen molar-refractivity contribution >= 4 is 22.8 Å². The van der Waals surface area contributed by atoms with Crippen molar-refractivity contribution in [3.8, 4) is 11.5 Å². The predicted octanol–water partition coefficient (Wildman–Crippen LogP) is 3.80. The zero-order valence-electron chi connectivity index (χ0n) is 17.3. The molecule has 0 aliphatic carbocycles. The summed E-state index contributed by atoms with van der Waals surface area (Å²) in [6, 6.07) is 14.6. The Morgan fingerprint density at radius 1 is 1.07 bits per heavy atom. The molecular weight excluding hydrogens is 386 g/mol. The molecule has 0 radical (unpaired) electrons. The Morgan fingerprint density at radius 3 is 2.60 bits per heavy atom. The minimum absolute atomic E-state index is 0.121. The molecule has 0 fully saturated rings. The number of ether oxygens (including phenoxy) is 3. The number of carbonyl (C=O) groups excluding carboxylic acids is 2. The van der Waals surface area contributed by atoms with E-state index in [0.717, 1.165) is 16.5 Å². The first-order chi connectivity index (χ1) is 14.5. The number of rotatable bonds is 9.